The summed E-state index contributed by atoms with van der Waals surface area (Å²) in [6.45, 7) is 6.72. The van der Waals surface area contributed by atoms with Crippen LogP contribution in [0.5, 0.6) is 0 Å². The monoisotopic (exact) mass is 396 g/mol. The maximum atomic E-state index is 12.9. The van der Waals surface area contributed by atoms with Gasteiger partial charge >= 0.3 is 5.97 Å². The van der Waals surface area contributed by atoms with Crippen molar-refractivity contribution in [2.75, 3.05) is 26.7 Å². The zero-order valence-electron chi connectivity index (χ0n) is 16.3. The van der Waals surface area contributed by atoms with Crippen molar-refractivity contribution < 1.29 is 23.1 Å². The smallest absolute Gasteiger partial charge is 0.308 e. The van der Waals surface area contributed by atoms with Crippen molar-refractivity contribution in [2.45, 2.75) is 32.1 Å². The molecular formula is C19H28N2O5S. The van der Waals surface area contributed by atoms with Crippen LogP contribution in [0.25, 0.3) is 0 Å². The van der Waals surface area contributed by atoms with E-state index in [4.69, 9.17) is 5.11 Å². The highest BCUT2D eigenvalue weighted by Crippen LogP contribution is 2.26. The molecule has 0 saturated carbocycles. The summed E-state index contributed by atoms with van der Waals surface area (Å²) < 4.78 is 27.3. The Morgan fingerprint density at radius 3 is 2.19 bits per heavy atom. The van der Waals surface area contributed by atoms with Gasteiger partial charge in [0.2, 0.25) is 10.0 Å². The van der Waals surface area contributed by atoms with E-state index in [9.17, 15) is 18.0 Å². The number of hydrogen-bond donors (Lipinski definition) is 1. The molecule has 3 unspecified atom stereocenters. The number of piperidine rings is 1. The van der Waals surface area contributed by atoms with Gasteiger partial charge in [-0.25, -0.2) is 8.42 Å². The average Bonchev–Trinajstić information content (AvgIpc) is 2.60. The van der Waals surface area contributed by atoms with E-state index in [0.29, 0.717) is 30.5 Å². The molecule has 0 aromatic heterocycles. The van der Waals surface area contributed by atoms with Gasteiger partial charge in [0.25, 0.3) is 5.91 Å². The van der Waals surface area contributed by atoms with Crippen molar-refractivity contribution >= 4 is 21.9 Å². The Labute approximate surface area is 161 Å². The largest absolute Gasteiger partial charge is 0.481 e. The predicted octanol–water partition coefficient (Wildman–Crippen LogP) is 2.15. The van der Waals surface area contributed by atoms with Crippen LogP contribution in [-0.4, -0.2) is 61.3 Å². The quantitative estimate of drug-likeness (QED) is 0.795. The Morgan fingerprint density at radius 2 is 1.70 bits per heavy atom. The van der Waals surface area contributed by atoms with E-state index >= 15 is 0 Å². The Morgan fingerprint density at radius 1 is 1.19 bits per heavy atom. The molecule has 0 aliphatic carbocycles. The molecule has 1 aromatic rings. The summed E-state index contributed by atoms with van der Waals surface area (Å²) in [4.78, 5) is 24.9. The van der Waals surface area contributed by atoms with Crippen molar-refractivity contribution in [2.24, 2.45) is 17.8 Å². The van der Waals surface area contributed by atoms with Gasteiger partial charge in [0.1, 0.15) is 0 Å². The lowest BCUT2D eigenvalue weighted by Crippen LogP contribution is -2.42. The second kappa shape index (κ2) is 8.39. The summed E-state index contributed by atoms with van der Waals surface area (Å²) in [7, 11) is -2.06. The van der Waals surface area contributed by atoms with Gasteiger partial charge in [-0.3, -0.25) is 9.59 Å². The lowest BCUT2D eigenvalue weighted by Gasteiger charge is -2.34. The van der Waals surface area contributed by atoms with Gasteiger partial charge in [-0.1, -0.05) is 20.8 Å². The number of hydrogen-bond acceptors (Lipinski definition) is 4. The average molecular weight is 397 g/mol. The van der Waals surface area contributed by atoms with Crippen LogP contribution in [0.1, 0.15) is 37.6 Å². The number of carboxylic acids is 1. The first-order valence-corrected chi connectivity index (χ1v) is 10.5. The Hall–Kier alpha value is -1.93. The minimum atomic E-state index is -3.59. The Balaban J connectivity index is 2.14. The van der Waals surface area contributed by atoms with Gasteiger partial charge in [-0.15, -0.1) is 0 Å². The highest BCUT2D eigenvalue weighted by atomic mass is 32.2. The lowest BCUT2D eigenvalue weighted by molar-refractivity contribution is -0.141. The molecule has 0 radical (unpaired) electrons. The molecule has 8 heteroatoms. The van der Waals surface area contributed by atoms with Crippen LogP contribution >= 0.6 is 0 Å². The van der Waals surface area contributed by atoms with Crippen molar-refractivity contribution in [3.8, 4) is 0 Å². The Bertz CT molecular complexity index is 781. The number of nitrogens with zero attached hydrogens (tertiary/aromatic N) is 2. The van der Waals surface area contributed by atoms with Crippen molar-refractivity contribution in [1.29, 1.82) is 0 Å². The van der Waals surface area contributed by atoms with Crippen LogP contribution in [0.15, 0.2) is 29.2 Å². The van der Waals surface area contributed by atoms with Gasteiger partial charge in [0.15, 0.2) is 0 Å². The Kier molecular flexibility index (Phi) is 6.64. The third kappa shape index (κ3) is 5.07. The van der Waals surface area contributed by atoms with Gasteiger partial charge < -0.3 is 10.0 Å². The molecule has 7 nitrogen and oxygen atoms in total. The fourth-order valence-corrected chi connectivity index (χ4v) is 5.19. The fraction of sp³-hybridized carbons (Fsp3) is 0.579. The van der Waals surface area contributed by atoms with E-state index in [-0.39, 0.29) is 17.3 Å². The number of benzene rings is 1. The molecule has 2 rings (SSSR count). The van der Waals surface area contributed by atoms with Crippen LogP contribution in [0.2, 0.25) is 0 Å². The molecule has 1 fully saturated rings. The molecule has 0 bridgehead atoms. The number of amides is 1. The summed E-state index contributed by atoms with van der Waals surface area (Å²) in [6.07, 6.45) is 1.01. The number of sulfonamides is 1. The second-order valence-corrected chi connectivity index (χ2v) is 9.66. The van der Waals surface area contributed by atoms with Crippen molar-refractivity contribution in [3.63, 3.8) is 0 Å². The minimum Gasteiger partial charge on any atom is -0.481 e. The number of aliphatic carboxylic acids is 1. The molecule has 1 aromatic carbocycles. The number of rotatable bonds is 6. The highest BCUT2D eigenvalue weighted by Gasteiger charge is 2.31. The molecule has 1 heterocycles. The second-order valence-electron chi connectivity index (χ2n) is 7.72. The molecular weight excluding hydrogens is 368 g/mol. The first kappa shape index (κ1) is 21.4. The van der Waals surface area contributed by atoms with E-state index in [2.05, 4.69) is 0 Å². The lowest BCUT2D eigenvalue weighted by atomic mass is 9.94. The summed E-state index contributed by atoms with van der Waals surface area (Å²) in [5.74, 6) is -1.36. The first-order valence-electron chi connectivity index (χ1n) is 9.10. The van der Waals surface area contributed by atoms with Crippen LogP contribution in [0, 0.1) is 17.8 Å². The predicted molar refractivity (Wildman–Crippen MR) is 102 cm³/mol. The summed E-state index contributed by atoms with van der Waals surface area (Å²) in [5, 5.41) is 8.96. The first-order chi connectivity index (χ1) is 12.5. The molecule has 0 spiro atoms. The van der Waals surface area contributed by atoms with E-state index in [1.165, 1.54) is 47.4 Å². The van der Waals surface area contributed by atoms with Gasteiger partial charge in [-0.05, 0) is 42.5 Å². The van der Waals surface area contributed by atoms with Gasteiger partial charge in [0.05, 0.1) is 10.8 Å². The van der Waals surface area contributed by atoms with Crippen molar-refractivity contribution in [3.05, 3.63) is 29.8 Å². The van der Waals surface area contributed by atoms with Crippen molar-refractivity contribution in [1.82, 2.24) is 9.21 Å². The summed E-state index contributed by atoms with van der Waals surface area (Å²) in [5.41, 5.74) is 0.328. The van der Waals surface area contributed by atoms with Crippen LogP contribution in [-0.2, 0) is 14.8 Å². The molecule has 27 heavy (non-hydrogen) atoms. The standard InChI is InChI=1S/C19H28N2O5S/c1-13-9-14(2)11-21(10-13)27(25,26)17-7-5-16(6-8-17)18(22)20(4)12-15(3)19(23)24/h5-8,13-15H,9-12H2,1-4H3,(H,23,24). The van der Waals surface area contributed by atoms with E-state index in [1.54, 1.807) is 0 Å². The van der Waals surface area contributed by atoms with Crippen LogP contribution in [0.4, 0.5) is 0 Å². The van der Waals surface area contributed by atoms with Gasteiger partial charge in [0, 0.05) is 32.2 Å². The third-order valence-electron chi connectivity index (χ3n) is 4.89. The molecule has 1 aliphatic rings. The molecule has 150 valence electrons. The fourth-order valence-electron chi connectivity index (χ4n) is 3.51. The molecule has 1 amide bonds. The molecule has 1 N–H and O–H groups in total. The summed E-state index contributed by atoms with van der Waals surface area (Å²) in [6, 6.07) is 5.85. The van der Waals surface area contributed by atoms with Gasteiger partial charge in [-0.2, -0.15) is 4.31 Å². The molecule has 3 atom stereocenters. The van der Waals surface area contributed by atoms with Crippen LogP contribution < -0.4 is 0 Å². The van der Waals surface area contributed by atoms with E-state index in [0.717, 1.165) is 6.42 Å². The normalized spacial score (nSPS) is 22.2. The van der Waals surface area contributed by atoms with Crippen LogP contribution in [0.3, 0.4) is 0 Å². The molecule has 1 aliphatic heterocycles. The topological polar surface area (TPSA) is 95.0 Å². The summed E-state index contributed by atoms with van der Waals surface area (Å²) >= 11 is 0. The highest BCUT2D eigenvalue weighted by molar-refractivity contribution is 7.89. The number of carbonyl (C=O) groups excluding carboxylic acids is 1. The van der Waals surface area contributed by atoms with E-state index < -0.39 is 21.9 Å². The van der Waals surface area contributed by atoms with E-state index in [1.807, 2.05) is 13.8 Å². The maximum absolute atomic E-state index is 12.9. The zero-order valence-corrected chi connectivity index (χ0v) is 17.1. The zero-order chi connectivity index (χ0) is 20.4. The number of carboxylic acid groups (broad SMARTS) is 1. The maximum Gasteiger partial charge on any atom is 0.308 e. The SMILES string of the molecule is CC1CC(C)CN(S(=O)(=O)c2ccc(C(=O)N(C)CC(C)C(=O)O)cc2)C1. The molecule has 1 saturated heterocycles. The number of carbonyl (C=O) groups is 2. The minimum absolute atomic E-state index is 0.0811. The third-order valence-corrected chi connectivity index (χ3v) is 6.74.